The Morgan fingerprint density at radius 1 is 1.39 bits per heavy atom. The van der Waals surface area contributed by atoms with Crippen LogP contribution in [-0.2, 0) is 10.0 Å². The standard InChI is InChI=1S/C13H15NO3S/c1-11-9-14(18(16,17)10-11)13-6-4-12(5-7-13)3-2-8-15/h4-7,11,15H,8-10H2,1H3. The van der Waals surface area contributed by atoms with Crippen LogP contribution in [0.5, 0.6) is 0 Å². The second-order valence-corrected chi connectivity index (χ2v) is 6.36. The first-order valence-corrected chi connectivity index (χ1v) is 7.34. The van der Waals surface area contributed by atoms with Crippen molar-refractivity contribution in [3.05, 3.63) is 29.8 Å². The van der Waals surface area contributed by atoms with E-state index in [0.29, 0.717) is 12.2 Å². The maximum atomic E-state index is 11.9. The molecule has 0 radical (unpaired) electrons. The van der Waals surface area contributed by atoms with E-state index in [1.165, 1.54) is 4.31 Å². The zero-order chi connectivity index (χ0) is 13.2. The van der Waals surface area contributed by atoms with E-state index in [-0.39, 0.29) is 18.3 Å². The molecule has 0 aromatic heterocycles. The SMILES string of the molecule is CC1CN(c2ccc(C#CCO)cc2)S(=O)(=O)C1. The van der Waals surface area contributed by atoms with Gasteiger partial charge in [-0.05, 0) is 30.2 Å². The normalized spacial score (nSPS) is 21.4. The van der Waals surface area contributed by atoms with E-state index in [0.717, 1.165) is 5.56 Å². The minimum absolute atomic E-state index is 0.156. The largest absolute Gasteiger partial charge is 0.384 e. The number of nitrogens with zero attached hydrogens (tertiary/aromatic N) is 1. The number of sulfonamides is 1. The van der Waals surface area contributed by atoms with Gasteiger partial charge in [0.15, 0.2) is 0 Å². The molecule has 4 nitrogen and oxygen atoms in total. The molecule has 0 aliphatic carbocycles. The van der Waals surface area contributed by atoms with Crippen molar-refractivity contribution < 1.29 is 13.5 Å². The topological polar surface area (TPSA) is 57.6 Å². The molecule has 1 aliphatic rings. The summed E-state index contributed by atoms with van der Waals surface area (Å²) in [7, 11) is -3.16. The van der Waals surface area contributed by atoms with Crippen LogP contribution in [0.3, 0.4) is 0 Å². The van der Waals surface area contributed by atoms with Crippen molar-refractivity contribution in [2.45, 2.75) is 6.92 Å². The monoisotopic (exact) mass is 265 g/mol. The van der Waals surface area contributed by atoms with Gasteiger partial charge >= 0.3 is 0 Å². The lowest BCUT2D eigenvalue weighted by Gasteiger charge is -2.16. The molecule has 0 bridgehead atoms. The van der Waals surface area contributed by atoms with E-state index in [1.54, 1.807) is 24.3 Å². The van der Waals surface area contributed by atoms with Crippen LogP contribution in [-0.4, -0.2) is 32.4 Å². The fraction of sp³-hybridized carbons (Fsp3) is 0.385. The van der Waals surface area contributed by atoms with E-state index >= 15 is 0 Å². The van der Waals surface area contributed by atoms with Crippen LogP contribution in [0.25, 0.3) is 0 Å². The minimum Gasteiger partial charge on any atom is -0.384 e. The number of benzene rings is 1. The number of anilines is 1. The minimum atomic E-state index is -3.16. The molecular weight excluding hydrogens is 250 g/mol. The molecule has 1 saturated heterocycles. The smallest absolute Gasteiger partial charge is 0.235 e. The fourth-order valence-electron chi connectivity index (χ4n) is 2.02. The maximum Gasteiger partial charge on any atom is 0.235 e. The zero-order valence-electron chi connectivity index (χ0n) is 10.1. The average molecular weight is 265 g/mol. The number of hydrogen-bond donors (Lipinski definition) is 1. The predicted molar refractivity (Wildman–Crippen MR) is 70.7 cm³/mol. The highest BCUT2D eigenvalue weighted by Crippen LogP contribution is 2.26. The Bertz CT molecular complexity index is 581. The Morgan fingerprint density at radius 2 is 2.06 bits per heavy atom. The highest BCUT2D eigenvalue weighted by Gasteiger charge is 2.33. The first-order valence-electron chi connectivity index (χ1n) is 5.73. The highest BCUT2D eigenvalue weighted by atomic mass is 32.2. The molecular formula is C13H15NO3S. The van der Waals surface area contributed by atoms with Crippen LogP contribution in [0.15, 0.2) is 24.3 Å². The maximum absolute atomic E-state index is 11.9. The van der Waals surface area contributed by atoms with Gasteiger partial charge in [0.25, 0.3) is 0 Å². The van der Waals surface area contributed by atoms with Gasteiger partial charge in [0.05, 0.1) is 11.4 Å². The molecule has 1 unspecified atom stereocenters. The van der Waals surface area contributed by atoms with Gasteiger partial charge in [0.1, 0.15) is 6.61 Å². The molecule has 0 saturated carbocycles. The summed E-state index contributed by atoms with van der Waals surface area (Å²) in [5.41, 5.74) is 1.44. The third-order valence-corrected chi connectivity index (χ3v) is 4.80. The van der Waals surface area contributed by atoms with Crippen molar-refractivity contribution in [2.24, 2.45) is 5.92 Å². The van der Waals surface area contributed by atoms with E-state index < -0.39 is 10.0 Å². The summed E-state index contributed by atoms with van der Waals surface area (Å²) in [4.78, 5) is 0. The Labute approximate surface area is 107 Å². The summed E-state index contributed by atoms with van der Waals surface area (Å²) < 4.78 is 25.2. The number of hydrogen-bond acceptors (Lipinski definition) is 3. The summed E-state index contributed by atoms with van der Waals surface area (Å²) in [5, 5.41) is 8.59. The fourth-order valence-corrected chi connectivity index (χ4v) is 3.95. The Kier molecular flexibility index (Phi) is 3.60. The molecule has 18 heavy (non-hydrogen) atoms. The quantitative estimate of drug-likeness (QED) is 0.765. The lowest BCUT2D eigenvalue weighted by molar-refractivity contribution is 0.350. The molecule has 0 amide bonds. The molecule has 1 N–H and O–H groups in total. The molecule has 2 rings (SSSR count). The molecule has 1 fully saturated rings. The second-order valence-electron chi connectivity index (χ2n) is 4.42. The van der Waals surface area contributed by atoms with Crippen molar-refractivity contribution in [1.29, 1.82) is 0 Å². The van der Waals surface area contributed by atoms with Gasteiger partial charge < -0.3 is 5.11 Å². The summed E-state index contributed by atoms with van der Waals surface area (Å²) in [6.45, 7) is 2.28. The van der Waals surface area contributed by atoms with Gasteiger partial charge in [0, 0.05) is 12.1 Å². The van der Waals surface area contributed by atoms with Crippen molar-refractivity contribution in [3.63, 3.8) is 0 Å². The molecule has 1 aliphatic heterocycles. The van der Waals surface area contributed by atoms with Gasteiger partial charge in [-0.1, -0.05) is 18.8 Å². The summed E-state index contributed by atoms with van der Waals surface area (Å²) in [6.07, 6.45) is 0. The highest BCUT2D eigenvalue weighted by molar-refractivity contribution is 7.93. The third kappa shape index (κ3) is 2.66. The van der Waals surface area contributed by atoms with E-state index in [2.05, 4.69) is 11.8 Å². The molecule has 0 spiro atoms. The first-order chi connectivity index (χ1) is 8.53. The summed E-state index contributed by atoms with van der Waals surface area (Å²) >= 11 is 0. The Hall–Kier alpha value is -1.51. The molecule has 1 atom stereocenters. The van der Waals surface area contributed by atoms with E-state index in [4.69, 9.17) is 5.11 Å². The van der Waals surface area contributed by atoms with Gasteiger partial charge in [-0.15, -0.1) is 0 Å². The molecule has 96 valence electrons. The van der Waals surface area contributed by atoms with E-state index in [9.17, 15) is 8.42 Å². The Morgan fingerprint density at radius 3 is 2.56 bits per heavy atom. The van der Waals surface area contributed by atoms with Crippen LogP contribution >= 0.6 is 0 Å². The van der Waals surface area contributed by atoms with Gasteiger partial charge in [-0.25, -0.2) is 8.42 Å². The zero-order valence-corrected chi connectivity index (χ0v) is 10.9. The second kappa shape index (κ2) is 5.01. The van der Waals surface area contributed by atoms with Gasteiger partial charge in [-0.2, -0.15) is 0 Å². The van der Waals surface area contributed by atoms with Gasteiger partial charge in [0.2, 0.25) is 10.0 Å². The van der Waals surface area contributed by atoms with Crippen LogP contribution in [0, 0.1) is 17.8 Å². The number of aliphatic hydroxyl groups is 1. The number of aliphatic hydroxyl groups excluding tert-OH is 1. The van der Waals surface area contributed by atoms with Crippen molar-refractivity contribution in [3.8, 4) is 11.8 Å². The summed E-state index contributed by atoms with van der Waals surface area (Å²) in [6, 6.07) is 7.01. The third-order valence-electron chi connectivity index (χ3n) is 2.78. The van der Waals surface area contributed by atoms with Crippen LogP contribution < -0.4 is 4.31 Å². The summed E-state index contributed by atoms with van der Waals surface area (Å²) in [5.74, 6) is 5.69. The first kappa shape index (κ1) is 12.9. The van der Waals surface area contributed by atoms with E-state index in [1.807, 2.05) is 6.92 Å². The average Bonchev–Trinajstić information content (AvgIpc) is 2.60. The van der Waals surface area contributed by atoms with Crippen LogP contribution in [0.2, 0.25) is 0 Å². The van der Waals surface area contributed by atoms with Crippen LogP contribution in [0.1, 0.15) is 12.5 Å². The predicted octanol–water partition coefficient (Wildman–Crippen LogP) is 0.816. The van der Waals surface area contributed by atoms with Crippen molar-refractivity contribution >= 4 is 15.7 Å². The lowest BCUT2D eigenvalue weighted by Crippen LogP contribution is -2.25. The lowest BCUT2D eigenvalue weighted by atomic mass is 10.2. The molecule has 1 heterocycles. The number of rotatable bonds is 1. The van der Waals surface area contributed by atoms with Crippen molar-refractivity contribution in [1.82, 2.24) is 0 Å². The van der Waals surface area contributed by atoms with Crippen LogP contribution in [0.4, 0.5) is 5.69 Å². The molecule has 1 aromatic rings. The van der Waals surface area contributed by atoms with Crippen molar-refractivity contribution in [2.75, 3.05) is 23.2 Å². The molecule has 5 heteroatoms. The Balaban J connectivity index is 2.25. The molecule has 1 aromatic carbocycles. The van der Waals surface area contributed by atoms with Gasteiger partial charge in [-0.3, -0.25) is 4.31 Å².